The van der Waals surface area contributed by atoms with Crippen molar-refractivity contribution >= 4 is 43.5 Å². The van der Waals surface area contributed by atoms with Crippen LogP contribution in [-0.2, 0) is 10.0 Å². The molecule has 4 N–H and O–H groups in total. The maximum Gasteiger partial charge on any atom is 0.244 e. The largest absolute Gasteiger partial charge is 0.307 e. The van der Waals surface area contributed by atoms with Gasteiger partial charge in [-0.15, -0.1) is 0 Å². The van der Waals surface area contributed by atoms with Gasteiger partial charge in [-0.25, -0.2) is 24.0 Å². The van der Waals surface area contributed by atoms with Crippen molar-refractivity contribution in [1.82, 2.24) is 9.71 Å². The Bertz CT molecular complexity index is 568. The average molecular weight is 397 g/mol. The fourth-order valence-electron chi connectivity index (χ4n) is 1.90. The van der Waals surface area contributed by atoms with Gasteiger partial charge >= 0.3 is 0 Å². The summed E-state index contributed by atoms with van der Waals surface area (Å²) in [7, 11) is -3.69. The van der Waals surface area contributed by atoms with Gasteiger partial charge in [0, 0.05) is 22.0 Å². The molecule has 0 aliphatic heterocycles. The average Bonchev–Trinajstić information content (AvgIpc) is 2.49. The molecule has 1 aromatic rings. The Morgan fingerprint density at radius 2 is 2.05 bits per heavy atom. The van der Waals surface area contributed by atoms with Crippen molar-refractivity contribution in [3.8, 4) is 0 Å². The summed E-state index contributed by atoms with van der Waals surface area (Å²) < 4.78 is 28.1. The van der Waals surface area contributed by atoms with E-state index in [9.17, 15) is 8.42 Å². The molecule has 0 spiro atoms. The van der Waals surface area contributed by atoms with Crippen molar-refractivity contribution in [3.05, 3.63) is 16.7 Å². The highest BCUT2D eigenvalue weighted by Crippen LogP contribution is 2.30. The molecule has 120 valence electrons. The van der Waals surface area contributed by atoms with Crippen LogP contribution in [0, 0.1) is 0 Å². The number of nitrogens with zero attached hydrogens (tertiary/aromatic N) is 1. The summed E-state index contributed by atoms with van der Waals surface area (Å²) in [4.78, 5) is 3.99. The Balaban J connectivity index is 3.05. The molecule has 0 saturated carbocycles. The van der Waals surface area contributed by atoms with Crippen LogP contribution >= 0.6 is 27.7 Å². The Morgan fingerprint density at radius 1 is 1.43 bits per heavy atom. The quantitative estimate of drug-likeness (QED) is 0.460. The predicted molar refractivity (Wildman–Crippen MR) is 91.8 cm³/mol. The highest BCUT2D eigenvalue weighted by Gasteiger charge is 2.28. The maximum absolute atomic E-state index is 12.5. The smallest absolute Gasteiger partial charge is 0.244 e. The molecule has 0 aromatic carbocycles. The summed E-state index contributed by atoms with van der Waals surface area (Å²) in [6, 6.07) is 1.48. The van der Waals surface area contributed by atoms with Gasteiger partial charge < -0.3 is 5.43 Å². The molecule has 0 bridgehead atoms. The number of sulfonamides is 1. The van der Waals surface area contributed by atoms with Crippen molar-refractivity contribution in [2.45, 2.75) is 36.3 Å². The second-order valence-electron chi connectivity index (χ2n) is 4.56. The number of hydrazine groups is 1. The van der Waals surface area contributed by atoms with Crippen LogP contribution in [-0.4, -0.2) is 30.9 Å². The van der Waals surface area contributed by atoms with Crippen LogP contribution in [0.4, 0.5) is 5.82 Å². The van der Waals surface area contributed by atoms with Crippen LogP contribution in [0.3, 0.4) is 0 Å². The van der Waals surface area contributed by atoms with Gasteiger partial charge in [-0.2, -0.15) is 11.8 Å². The lowest BCUT2D eigenvalue weighted by Crippen LogP contribution is -2.39. The molecule has 21 heavy (non-hydrogen) atoms. The molecule has 6 nitrogen and oxygen atoms in total. The zero-order valence-electron chi connectivity index (χ0n) is 12.3. The standard InChI is InChI=1S/C12H21BrN4O2S2/c1-4-12(5-2,20-3)8-16-21(18,19)10-6-9(13)7-15-11(10)17-14/h6-7,16H,4-5,8,14H2,1-3H3,(H,15,17). The second kappa shape index (κ2) is 7.77. The van der Waals surface area contributed by atoms with E-state index in [2.05, 4.69) is 44.9 Å². The Hall–Kier alpha value is -0.350. The van der Waals surface area contributed by atoms with Crippen LogP contribution in [0.5, 0.6) is 0 Å². The molecule has 0 aliphatic carbocycles. The fraction of sp³-hybridized carbons (Fsp3) is 0.583. The van der Waals surface area contributed by atoms with E-state index in [0.717, 1.165) is 12.8 Å². The summed E-state index contributed by atoms with van der Waals surface area (Å²) in [5, 5.41) is 0. The second-order valence-corrected chi connectivity index (χ2v) is 8.49. The van der Waals surface area contributed by atoms with Gasteiger partial charge in [-0.3, -0.25) is 0 Å². The van der Waals surface area contributed by atoms with Gasteiger partial charge in [-0.05, 0) is 41.1 Å². The molecule has 0 atom stereocenters. The van der Waals surface area contributed by atoms with Crippen LogP contribution < -0.4 is 16.0 Å². The third-order valence-electron chi connectivity index (χ3n) is 3.55. The third-order valence-corrected chi connectivity index (χ3v) is 6.99. The lowest BCUT2D eigenvalue weighted by molar-refractivity contribution is 0.522. The number of hydrogen-bond donors (Lipinski definition) is 3. The van der Waals surface area contributed by atoms with Crippen molar-refractivity contribution in [1.29, 1.82) is 0 Å². The van der Waals surface area contributed by atoms with Crippen molar-refractivity contribution in [3.63, 3.8) is 0 Å². The molecule has 0 radical (unpaired) electrons. The van der Waals surface area contributed by atoms with Crippen molar-refractivity contribution < 1.29 is 8.42 Å². The summed E-state index contributed by atoms with van der Waals surface area (Å²) in [6.07, 6.45) is 5.24. The first kappa shape index (κ1) is 18.7. The van der Waals surface area contributed by atoms with Crippen LogP contribution in [0.15, 0.2) is 21.6 Å². The number of nitrogens with two attached hydrogens (primary N) is 1. The van der Waals surface area contributed by atoms with E-state index >= 15 is 0 Å². The molecule has 0 amide bonds. The molecule has 0 fully saturated rings. The van der Waals surface area contributed by atoms with E-state index in [1.165, 1.54) is 12.3 Å². The normalized spacial score (nSPS) is 12.4. The van der Waals surface area contributed by atoms with Gasteiger partial charge in [0.1, 0.15) is 4.90 Å². The van der Waals surface area contributed by atoms with Gasteiger partial charge in [-0.1, -0.05) is 13.8 Å². The minimum atomic E-state index is -3.69. The number of hydrogen-bond acceptors (Lipinski definition) is 6. The Labute approximate surface area is 138 Å². The fourth-order valence-corrected chi connectivity index (χ4v) is 4.54. The molecule has 1 aromatic heterocycles. The highest BCUT2D eigenvalue weighted by molar-refractivity contribution is 9.10. The zero-order chi connectivity index (χ0) is 16.1. The summed E-state index contributed by atoms with van der Waals surface area (Å²) in [5.74, 6) is 5.45. The van der Waals surface area contributed by atoms with Crippen molar-refractivity contribution in [2.24, 2.45) is 5.84 Å². The van der Waals surface area contributed by atoms with Gasteiger partial charge in [0.15, 0.2) is 5.82 Å². The number of nitrogens with one attached hydrogen (secondary N) is 2. The Kier molecular flexibility index (Phi) is 6.92. The van der Waals surface area contributed by atoms with E-state index in [4.69, 9.17) is 5.84 Å². The van der Waals surface area contributed by atoms with Crippen molar-refractivity contribution in [2.75, 3.05) is 18.2 Å². The number of nitrogen functional groups attached to an aromatic ring is 1. The van der Waals surface area contributed by atoms with Crippen LogP contribution in [0.25, 0.3) is 0 Å². The molecule has 0 saturated heterocycles. The summed E-state index contributed by atoms with van der Waals surface area (Å²) >= 11 is 4.90. The SMILES string of the molecule is CCC(CC)(CNS(=O)(=O)c1cc(Br)cnc1NN)SC. The third kappa shape index (κ3) is 4.56. The van der Waals surface area contributed by atoms with E-state index in [1.54, 1.807) is 11.8 Å². The minimum Gasteiger partial charge on any atom is -0.307 e. The molecule has 1 heterocycles. The first-order valence-electron chi connectivity index (χ1n) is 6.51. The number of pyridine rings is 1. The lowest BCUT2D eigenvalue weighted by atomic mass is 10.0. The maximum atomic E-state index is 12.5. The topological polar surface area (TPSA) is 97.1 Å². The van der Waals surface area contributed by atoms with Gasteiger partial charge in [0.25, 0.3) is 0 Å². The zero-order valence-corrected chi connectivity index (χ0v) is 15.5. The van der Waals surface area contributed by atoms with E-state index in [1.807, 2.05) is 6.26 Å². The van der Waals surface area contributed by atoms with E-state index in [-0.39, 0.29) is 15.5 Å². The molecular weight excluding hydrogens is 376 g/mol. The number of halogens is 1. The molecule has 1 rings (SSSR count). The minimum absolute atomic E-state index is 0.0292. The van der Waals surface area contributed by atoms with Crippen LogP contribution in [0.1, 0.15) is 26.7 Å². The molecule has 0 aliphatic rings. The van der Waals surface area contributed by atoms with Crippen LogP contribution in [0.2, 0.25) is 0 Å². The molecule has 0 unspecified atom stereocenters. The lowest BCUT2D eigenvalue weighted by Gasteiger charge is -2.29. The van der Waals surface area contributed by atoms with E-state index < -0.39 is 10.0 Å². The molecular formula is C12H21BrN4O2S2. The first-order chi connectivity index (χ1) is 9.84. The monoisotopic (exact) mass is 396 g/mol. The van der Waals surface area contributed by atoms with Gasteiger partial charge in [0.2, 0.25) is 10.0 Å². The predicted octanol–water partition coefficient (Wildman–Crippen LogP) is 2.33. The summed E-state index contributed by atoms with van der Waals surface area (Å²) in [5.41, 5.74) is 2.31. The summed E-state index contributed by atoms with van der Waals surface area (Å²) in [6.45, 7) is 4.48. The van der Waals surface area contributed by atoms with Gasteiger partial charge in [0.05, 0.1) is 0 Å². The number of rotatable bonds is 8. The first-order valence-corrected chi connectivity index (χ1v) is 10.0. The molecule has 9 heteroatoms. The van der Waals surface area contributed by atoms with E-state index in [0.29, 0.717) is 11.0 Å². The Morgan fingerprint density at radius 3 is 2.52 bits per heavy atom. The number of aromatic nitrogens is 1. The number of anilines is 1. The number of thioether (sulfide) groups is 1. The highest BCUT2D eigenvalue weighted by atomic mass is 79.9.